The third-order valence-corrected chi connectivity index (χ3v) is 5.36. The maximum Gasteiger partial charge on any atom is 0.339 e. The van der Waals surface area contributed by atoms with Gasteiger partial charge in [0.05, 0.1) is 28.7 Å². The van der Waals surface area contributed by atoms with Crippen LogP contribution in [0.15, 0.2) is 12.1 Å². The van der Waals surface area contributed by atoms with E-state index in [1.807, 2.05) is 31.0 Å². The fourth-order valence-electron chi connectivity index (χ4n) is 2.63. The quantitative estimate of drug-likeness (QED) is 0.621. The molecule has 0 bridgehead atoms. The number of ketones is 1. The molecule has 0 saturated heterocycles. The number of H-pyrrole nitrogens is 1. The predicted octanol–water partition coefficient (Wildman–Crippen LogP) is 3.84. The van der Waals surface area contributed by atoms with E-state index in [1.54, 1.807) is 13.8 Å². The Hall–Kier alpha value is -1.63. The molecule has 7 heteroatoms. The molecule has 1 atom stereocenters. The number of likely N-dealkylation sites (N-methyl/N-ethyl adjacent to an activating group) is 1. The van der Waals surface area contributed by atoms with Crippen molar-refractivity contribution in [1.29, 1.82) is 0 Å². The normalized spacial score (nSPS) is 12.5. The monoisotopic (exact) mass is 368 g/mol. The van der Waals surface area contributed by atoms with E-state index in [2.05, 4.69) is 4.98 Å². The molecular formula is C17H21ClN2O3S. The highest BCUT2D eigenvalue weighted by Crippen LogP contribution is 2.24. The van der Waals surface area contributed by atoms with Gasteiger partial charge in [-0.15, -0.1) is 11.3 Å². The van der Waals surface area contributed by atoms with E-state index in [0.29, 0.717) is 29.1 Å². The number of ether oxygens (including phenoxy) is 1. The molecule has 24 heavy (non-hydrogen) atoms. The molecule has 1 N–H and O–H groups in total. The van der Waals surface area contributed by atoms with Gasteiger partial charge < -0.3 is 9.72 Å². The maximum atomic E-state index is 12.8. The maximum absolute atomic E-state index is 12.8. The van der Waals surface area contributed by atoms with Crippen LogP contribution in [0.1, 0.15) is 43.9 Å². The summed E-state index contributed by atoms with van der Waals surface area (Å²) in [5.41, 5.74) is 2.16. The van der Waals surface area contributed by atoms with Crippen LogP contribution in [0.3, 0.4) is 0 Å². The molecule has 2 heterocycles. The number of halogens is 1. The molecule has 0 aliphatic rings. The summed E-state index contributed by atoms with van der Waals surface area (Å²) in [7, 11) is 3.22. The van der Waals surface area contributed by atoms with Gasteiger partial charge in [-0.2, -0.15) is 0 Å². The molecule has 130 valence electrons. The van der Waals surface area contributed by atoms with Crippen LogP contribution in [0.5, 0.6) is 0 Å². The van der Waals surface area contributed by atoms with Crippen molar-refractivity contribution < 1.29 is 14.3 Å². The zero-order chi connectivity index (χ0) is 18.0. The molecule has 0 spiro atoms. The standard InChI is InChI=1S/C17H21ClN2O3S/c1-9-14(17(22)23-5)10(2)19-15(9)16(21)11(3)20(4)8-12-6-7-13(18)24-12/h6-7,11,19H,8H2,1-5H3/t11-/m0/s1. The number of Topliss-reactive ketones (excluding diaryl/α,β-unsaturated/α-hetero) is 1. The third-order valence-electron chi connectivity index (χ3n) is 4.15. The summed E-state index contributed by atoms with van der Waals surface area (Å²) >= 11 is 7.45. The van der Waals surface area contributed by atoms with E-state index in [1.165, 1.54) is 18.4 Å². The molecule has 0 fully saturated rings. The molecule has 0 aliphatic heterocycles. The number of nitrogens with zero attached hydrogens (tertiary/aromatic N) is 1. The van der Waals surface area contributed by atoms with Gasteiger partial charge in [-0.05, 0) is 45.5 Å². The van der Waals surface area contributed by atoms with Gasteiger partial charge in [0.25, 0.3) is 0 Å². The summed E-state index contributed by atoms with van der Waals surface area (Å²) in [5.74, 6) is -0.495. The van der Waals surface area contributed by atoms with Crippen molar-refractivity contribution in [2.24, 2.45) is 0 Å². The van der Waals surface area contributed by atoms with Gasteiger partial charge in [-0.25, -0.2) is 4.79 Å². The van der Waals surface area contributed by atoms with Crippen LogP contribution in [0.4, 0.5) is 0 Å². The van der Waals surface area contributed by atoms with Crippen molar-refractivity contribution in [3.63, 3.8) is 0 Å². The molecule has 5 nitrogen and oxygen atoms in total. The Kier molecular flexibility index (Phi) is 5.85. The van der Waals surface area contributed by atoms with Crippen LogP contribution in [-0.2, 0) is 11.3 Å². The van der Waals surface area contributed by atoms with Gasteiger partial charge in [0, 0.05) is 17.1 Å². The second-order valence-electron chi connectivity index (χ2n) is 5.78. The molecule has 2 aromatic heterocycles. The van der Waals surface area contributed by atoms with Crippen molar-refractivity contribution in [2.75, 3.05) is 14.2 Å². The number of esters is 1. The van der Waals surface area contributed by atoms with Crippen LogP contribution in [-0.4, -0.2) is 41.8 Å². The van der Waals surface area contributed by atoms with Crippen LogP contribution in [0.2, 0.25) is 4.34 Å². The molecule has 0 radical (unpaired) electrons. The minimum atomic E-state index is -0.436. The first-order valence-electron chi connectivity index (χ1n) is 7.52. The average Bonchev–Trinajstić information content (AvgIpc) is 3.08. The topological polar surface area (TPSA) is 62.4 Å². The average molecular weight is 369 g/mol. The van der Waals surface area contributed by atoms with Crippen molar-refractivity contribution in [3.05, 3.63) is 43.9 Å². The summed E-state index contributed by atoms with van der Waals surface area (Å²) in [4.78, 5) is 30.8. The summed E-state index contributed by atoms with van der Waals surface area (Å²) in [6.07, 6.45) is 0. The summed E-state index contributed by atoms with van der Waals surface area (Å²) < 4.78 is 5.52. The number of aryl methyl sites for hydroxylation is 1. The molecule has 0 unspecified atom stereocenters. The predicted molar refractivity (Wildman–Crippen MR) is 96.2 cm³/mol. The number of hydrogen-bond donors (Lipinski definition) is 1. The van der Waals surface area contributed by atoms with Crippen LogP contribution >= 0.6 is 22.9 Å². The fraction of sp³-hybridized carbons (Fsp3) is 0.412. The highest BCUT2D eigenvalue weighted by Gasteiger charge is 2.27. The van der Waals surface area contributed by atoms with E-state index < -0.39 is 5.97 Å². The van der Waals surface area contributed by atoms with Gasteiger partial charge >= 0.3 is 5.97 Å². The Morgan fingerprint density at radius 3 is 2.58 bits per heavy atom. The van der Waals surface area contributed by atoms with Crippen molar-refractivity contribution in [2.45, 2.75) is 33.4 Å². The molecule has 2 rings (SSSR count). The summed E-state index contributed by atoms with van der Waals surface area (Å²) in [6.45, 7) is 6.00. The SMILES string of the molecule is COC(=O)c1c(C)[nH]c(C(=O)[C@H](C)N(C)Cc2ccc(Cl)s2)c1C. The van der Waals surface area contributed by atoms with Crippen molar-refractivity contribution in [1.82, 2.24) is 9.88 Å². The van der Waals surface area contributed by atoms with E-state index in [9.17, 15) is 9.59 Å². The van der Waals surface area contributed by atoms with E-state index in [4.69, 9.17) is 16.3 Å². The lowest BCUT2D eigenvalue weighted by Crippen LogP contribution is -2.35. The lowest BCUT2D eigenvalue weighted by atomic mass is 10.0. The lowest BCUT2D eigenvalue weighted by Gasteiger charge is -2.22. The fourth-order valence-corrected chi connectivity index (χ4v) is 3.78. The Morgan fingerprint density at radius 2 is 2.04 bits per heavy atom. The summed E-state index contributed by atoms with van der Waals surface area (Å²) in [6, 6.07) is 3.47. The number of nitrogens with one attached hydrogen (secondary N) is 1. The van der Waals surface area contributed by atoms with Crippen LogP contribution < -0.4 is 0 Å². The van der Waals surface area contributed by atoms with Gasteiger partial charge in [0.2, 0.25) is 0 Å². The number of carbonyl (C=O) groups is 2. The zero-order valence-electron chi connectivity index (χ0n) is 14.4. The number of methoxy groups -OCH3 is 1. The molecule has 2 aromatic rings. The van der Waals surface area contributed by atoms with Crippen molar-refractivity contribution >= 4 is 34.7 Å². The van der Waals surface area contributed by atoms with Gasteiger partial charge in [0.15, 0.2) is 5.78 Å². The smallest absolute Gasteiger partial charge is 0.339 e. The van der Waals surface area contributed by atoms with Gasteiger partial charge in [-0.1, -0.05) is 11.6 Å². The van der Waals surface area contributed by atoms with Crippen molar-refractivity contribution in [3.8, 4) is 0 Å². The Morgan fingerprint density at radius 1 is 1.38 bits per heavy atom. The number of aromatic amines is 1. The second kappa shape index (κ2) is 7.51. The Labute approximate surface area is 150 Å². The van der Waals surface area contributed by atoms with Crippen LogP contribution in [0, 0.1) is 13.8 Å². The second-order valence-corrected chi connectivity index (χ2v) is 7.58. The number of aromatic nitrogens is 1. The highest BCUT2D eigenvalue weighted by molar-refractivity contribution is 7.16. The number of hydrogen-bond acceptors (Lipinski definition) is 5. The largest absolute Gasteiger partial charge is 0.465 e. The minimum Gasteiger partial charge on any atom is -0.465 e. The Balaban J connectivity index is 2.20. The number of rotatable bonds is 6. The first-order chi connectivity index (χ1) is 11.3. The lowest BCUT2D eigenvalue weighted by molar-refractivity contribution is 0.0599. The molecule has 0 aliphatic carbocycles. The minimum absolute atomic E-state index is 0.0593. The van der Waals surface area contributed by atoms with E-state index in [0.717, 1.165) is 9.21 Å². The molecular weight excluding hydrogens is 348 g/mol. The highest BCUT2D eigenvalue weighted by atomic mass is 35.5. The summed E-state index contributed by atoms with van der Waals surface area (Å²) in [5, 5.41) is 0. The number of thiophene rings is 1. The van der Waals surface area contributed by atoms with Gasteiger partial charge in [-0.3, -0.25) is 9.69 Å². The molecule has 0 amide bonds. The van der Waals surface area contributed by atoms with Crippen LogP contribution in [0.25, 0.3) is 0 Å². The Bertz CT molecular complexity index is 766. The number of carbonyl (C=O) groups excluding carboxylic acids is 2. The molecule has 0 aromatic carbocycles. The first kappa shape index (κ1) is 18.7. The van der Waals surface area contributed by atoms with Gasteiger partial charge in [0.1, 0.15) is 0 Å². The van der Waals surface area contributed by atoms with E-state index in [-0.39, 0.29) is 11.8 Å². The molecule has 0 saturated carbocycles. The zero-order valence-corrected chi connectivity index (χ0v) is 16.0. The van der Waals surface area contributed by atoms with E-state index >= 15 is 0 Å². The third kappa shape index (κ3) is 3.71. The first-order valence-corrected chi connectivity index (χ1v) is 8.71.